The van der Waals surface area contributed by atoms with Gasteiger partial charge in [-0.3, -0.25) is 0 Å². The number of alkyl halides is 2. The van der Waals surface area contributed by atoms with Crippen molar-refractivity contribution in [3.8, 4) is 0 Å². The van der Waals surface area contributed by atoms with Gasteiger partial charge in [-0.1, -0.05) is 6.42 Å². The van der Waals surface area contributed by atoms with Crippen LogP contribution in [0.1, 0.15) is 25.7 Å². The van der Waals surface area contributed by atoms with Crippen LogP contribution in [0, 0.1) is 11.8 Å². The molecule has 0 spiro atoms. The summed E-state index contributed by atoms with van der Waals surface area (Å²) < 4.78 is 24.6. The molecule has 0 aromatic carbocycles. The van der Waals surface area contributed by atoms with Gasteiger partial charge in [0.15, 0.2) is 0 Å². The quantitative estimate of drug-likeness (QED) is 0.495. The molecule has 0 aromatic rings. The van der Waals surface area contributed by atoms with Gasteiger partial charge in [-0.05, 0) is 25.2 Å². The van der Waals surface area contributed by atoms with Crippen molar-refractivity contribution >= 4 is 6.08 Å². The number of rotatable bonds is 3. The largest absolute Gasteiger partial charge is 0.241 e. The van der Waals surface area contributed by atoms with E-state index in [0.717, 1.165) is 12.8 Å². The van der Waals surface area contributed by atoms with Crippen molar-refractivity contribution in [2.24, 2.45) is 16.8 Å². The van der Waals surface area contributed by atoms with E-state index in [2.05, 4.69) is 4.99 Å². The number of hydrogen-bond donors (Lipinski definition) is 0. The molecule has 1 rings (SSSR count). The highest BCUT2D eigenvalue weighted by atomic mass is 19.3. The number of nitrogens with zero attached hydrogens (tertiary/aromatic N) is 1. The topological polar surface area (TPSA) is 29.4 Å². The summed E-state index contributed by atoms with van der Waals surface area (Å²) in [4.78, 5) is 13.3. The summed E-state index contributed by atoms with van der Waals surface area (Å²) in [5.74, 6) is -0.324. The highest BCUT2D eigenvalue weighted by Gasteiger charge is 2.27. The third-order valence-corrected chi connectivity index (χ3v) is 2.59. The lowest BCUT2D eigenvalue weighted by molar-refractivity contribution is 0.0433. The van der Waals surface area contributed by atoms with E-state index in [1.165, 1.54) is 6.08 Å². The van der Waals surface area contributed by atoms with Crippen molar-refractivity contribution in [3.63, 3.8) is 0 Å². The molecule has 2 atom stereocenters. The third-order valence-electron chi connectivity index (χ3n) is 2.59. The van der Waals surface area contributed by atoms with E-state index >= 15 is 0 Å². The first kappa shape index (κ1) is 10.3. The van der Waals surface area contributed by atoms with E-state index in [9.17, 15) is 13.6 Å². The fraction of sp³-hybridized carbons (Fsp3) is 0.889. The van der Waals surface area contributed by atoms with Gasteiger partial charge in [0.2, 0.25) is 12.5 Å². The molecule has 1 aliphatic rings. The molecule has 0 saturated heterocycles. The average molecular weight is 189 g/mol. The van der Waals surface area contributed by atoms with Crippen LogP contribution in [0.25, 0.3) is 0 Å². The monoisotopic (exact) mass is 189 g/mol. The van der Waals surface area contributed by atoms with E-state index < -0.39 is 12.3 Å². The van der Waals surface area contributed by atoms with Gasteiger partial charge in [0.25, 0.3) is 0 Å². The van der Waals surface area contributed by atoms with Crippen LogP contribution >= 0.6 is 0 Å². The lowest BCUT2D eigenvalue weighted by Gasteiger charge is -2.26. The van der Waals surface area contributed by atoms with Gasteiger partial charge in [0.1, 0.15) is 0 Å². The Morgan fingerprint density at radius 2 is 2.23 bits per heavy atom. The maximum absolute atomic E-state index is 12.3. The van der Waals surface area contributed by atoms with Crippen molar-refractivity contribution < 1.29 is 13.6 Å². The second-order valence-corrected chi connectivity index (χ2v) is 3.56. The third kappa shape index (κ3) is 3.23. The summed E-state index contributed by atoms with van der Waals surface area (Å²) in [6.45, 7) is 0.368. The fourth-order valence-corrected chi connectivity index (χ4v) is 1.89. The summed E-state index contributed by atoms with van der Waals surface area (Å²) in [5.41, 5.74) is 0. The van der Waals surface area contributed by atoms with E-state index in [0.29, 0.717) is 19.4 Å². The summed E-state index contributed by atoms with van der Waals surface area (Å²) >= 11 is 0. The molecule has 2 nitrogen and oxygen atoms in total. The Balaban J connectivity index is 2.37. The molecule has 0 amide bonds. The molecule has 0 heterocycles. The van der Waals surface area contributed by atoms with Crippen LogP contribution in [-0.2, 0) is 4.79 Å². The summed E-state index contributed by atoms with van der Waals surface area (Å²) in [6.07, 6.45) is 2.08. The van der Waals surface area contributed by atoms with Gasteiger partial charge in [0, 0.05) is 5.92 Å². The van der Waals surface area contributed by atoms with Crippen LogP contribution in [0.3, 0.4) is 0 Å². The van der Waals surface area contributed by atoms with E-state index in [-0.39, 0.29) is 5.92 Å². The maximum atomic E-state index is 12.3. The highest BCUT2D eigenvalue weighted by molar-refractivity contribution is 5.32. The normalized spacial score (nSPS) is 28.5. The molecular weight excluding hydrogens is 176 g/mol. The summed E-state index contributed by atoms with van der Waals surface area (Å²) in [5, 5.41) is 0. The van der Waals surface area contributed by atoms with E-state index in [4.69, 9.17) is 0 Å². The number of carbonyl (C=O) groups excluding carboxylic acids is 1. The minimum atomic E-state index is -2.22. The Labute approximate surface area is 76.0 Å². The SMILES string of the molecule is O=C=NCC1CCCC(C(F)F)C1. The van der Waals surface area contributed by atoms with Crippen LogP contribution in [0.4, 0.5) is 8.78 Å². The minimum absolute atomic E-state index is 0.161. The molecule has 4 heteroatoms. The molecule has 74 valence electrons. The zero-order valence-electron chi connectivity index (χ0n) is 7.38. The van der Waals surface area contributed by atoms with Crippen LogP contribution in [0.2, 0.25) is 0 Å². The van der Waals surface area contributed by atoms with Crippen LogP contribution in [-0.4, -0.2) is 19.1 Å². The van der Waals surface area contributed by atoms with Crippen molar-refractivity contribution in [3.05, 3.63) is 0 Å². The zero-order valence-corrected chi connectivity index (χ0v) is 7.38. The first-order valence-electron chi connectivity index (χ1n) is 4.55. The fourth-order valence-electron chi connectivity index (χ4n) is 1.89. The molecular formula is C9H13F2NO. The molecule has 1 fully saturated rings. The van der Waals surface area contributed by atoms with Gasteiger partial charge >= 0.3 is 0 Å². The Kier molecular flexibility index (Phi) is 4.03. The number of hydrogen-bond acceptors (Lipinski definition) is 2. The van der Waals surface area contributed by atoms with Crippen LogP contribution < -0.4 is 0 Å². The molecule has 1 saturated carbocycles. The second-order valence-electron chi connectivity index (χ2n) is 3.56. The first-order chi connectivity index (χ1) is 6.24. The highest BCUT2D eigenvalue weighted by Crippen LogP contribution is 2.32. The predicted molar refractivity (Wildman–Crippen MR) is 44.4 cm³/mol. The lowest BCUT2D eigenvalue weighted by atomic mass is 9.82. The standard InChI is InChI=1S/C9H13F2NO/c10-9(11)8-3-1-2-7(4-8)5-12-6-13/h7-9H,1-5H2. The van der Waals surface area contributed by atoms with Gasteiger partial charge in [-0.2, -0.15) is 0 Å². The van der Waals surface area contributed by atoms with Crippen molar-refractivity contribution in [2.75, 3.05) is 6.54 Å². The average Bonchev–Trinajstić information content (AvgIpc) is 2.15. The maximum Gasteiger partial charge on any atom is 0.241 e. The van der Waals surface area contributed by atoms with Gasteiger partial charge < -0.3 is 0 Å². The van der Waals surface area contributed by atoms with Gasteiger partial charge in [-0.25, -0.2) is 18.6 Å². The first-order valence-corrected chi connectivity index (χ1v) is 4.55. The van der Waals surface area contributed by atoms with E-state index in [1.807, 2.05) is 0 Å². The molecule has 2 unspecified atom stereocenters. The number of halogens is 2. The molecule has 1 aliphatic carbocycles. The molecule has 13 heavy (non-hydrogen) atoms. The van der Waals surface area contributed by atoms with Crippen LogP contribution in [0.15, 0.2) is 4.99 Å². The second kappa shape index (κ2) is 5.07. The molecule has 0 radical (unpaired) electrons. The Bertz CT molecular complexity index is 202. The molecule has 0 aliphatic heterocycles. The Morgan fingerprint density at radius 3 is 2.85 bits per heavy atom. The lowest BCUT2D eigenvalue weighted by Crippen LogP contribution is -2.22. The predicted octanol–water partition coefficient (Wildman–Crippen LogP) is 2.39. The Morgan fingerprint density at radius 1 is 1.46 bits per heavy atom. The minimum Gasteiger partial charge on any atom is -0.211 e. The van der Waals surface area contributed by atoms with Crippen molar-refractivity contribution in [1.82, 2.24) is 0 Å². The zero-order chi connectivity index (χ0) is 9.68. The van der Waals surface area contributed by atoms with Crippen molar-refractivity contribution in [1.29, 1.82) is 0 Å². The van der Waals surface area contributed by atoms with Crippen molar-refractivity contribution in [2.45, 2.75) is 32.1 Å². The number of isocyanates is 1. The van der Waals surface area contributed by atoms with Crippen LogP contribution in [0.5, 0.6) is 0 Å². The molecule has 0 aromatic heterocycles. The summed E-state index contributed by atoms with van der Waals surface area (Å²) in [7, 11) is 0. The van der Waals surface area contributed by atoms with Gasteiger partial charge in [0.05, 0.1) is 6.54 Å². The molecule has 0 N–H and O–H groups in total. The molecule has 0 bridgehead atoms. The number of aliphatic imine (C=N–C) groups is 1. The van der Waals surface area contributed by atoms with Gasteiger partial charge in [-0.15, -0.1) is 0 Å². The summed E-state index contributed by atoms with van der Waals surface area (Å²) in [6, 6.07) is 0. The smallest absolute Gasteiger partial charge is 0.211 e. The van der Waals surface area contributed by atoms with E-state index in [1.54, 1.807) is 0 Å². The Hall–Kier alpha value is -0.760.